The van der Waals surface area contributed by atoms with E-state index >= 15 is 0 Å². The van der Waals surface area contributed by atoms with E-state index in [0.717, 1.165) is 0 Å². The van der Waals surface area contributed by atoms with Gasteiger partial charge in [-0.2, -0.15) is 4.31 Å². The third-order valence-electron chi connectivity index (χ3n) is 2.68. The third-order valence-corrected chi connectivity index (χ3v) is 4.85. The fourth-order valence-electron chi connectivity index (χ4n) is 1.65. The van der Waals surface area contributed by atoms with Crippen LogP contribution in [0.25, 0.3) is 0 Å². The molecular weight excluding hydrogens is 238 g/mol. The molecule has 0 amide bonds. The maximum Gasteiger partial charge on any atom is 0.245 e. The number of rotatable bonds is 5. The van der Waals surface area contributed by atoms with Crippen molar-refractivity contribution >= 4 is 10.0 Å². The summed E-state index contributed by atoms with van der Waals surface area (Å²) in [5.41, 5.74) is 5.03. The van der Waals surface area contributed by atoms with Crippen molar-refractivity contribution in [2.45, 2.75) is 31.2 Å². The highest BCUT2D eigenvalue weighted by atomic mass is 32.2. The highest BCUT2D eigenvalue weighted by Gasteiger charge is 2.35. The van der Waals surface area contributed by atoms with Gasteiger partial charge < -0.3 is 5.73 Å². The van der Waals surface area contributed by atoms with E-state index in [-0.39, 0.29) is 11.4 Å². The van der Waals surface area contributed by atoms with Gasteiger partial charge in [0.15, 0.2) is 0 Å². The standard InChI is InChI=1S/C11H19N3O2S/c1-4-14(11(2,3)9-12)17(15,16)10-6-5-7-13-8-10/h5-8H,4,9,12H2,1-3H3. The van der Waals surface area contributed by atoms with Gasteiger partial charge in [-0.25, -0.2) is 8.42 Å². The lowest BCUT2D eigenvalue weighted by Gasteiger charge is -2.35. The molecule has 0 fully saturated rings. The largest absolute Gasteiger partial charge is 0.329 e. The molecule has 0 aliphatic heterocycles. The van der Waals surface area contributed by atoms with Crippen LogP contribution in [0, 0.1) is 0 Å². The van der Waals surface area contributed by atoms with Gasteiger partial charge in [0.05, 0.1) is 0 Å². The van der Waals surface area contributed by atoms with E-state index in [0.29, 0.717) is 6.54 Å². The monoisotopic (exact) mass is 257 g/mol. The molecule has 1 aromatic rings. The smallest absolute Gasteiger partial charge is 0.245 e. The fourth-order valence-corrected chi connectivity index (χ4v) is 3.42. The molecule has 6 heteroatoms. The van der Waals surface area contributed by atoms with Gasteiger partial charge in [-0.05, 0) is 26.0 Å². The molecule has 96 valence electrons. The number of hydrogen-bond donors (Lipinski definition) is 1. The van der Waals surface area contributed by atoms with Crippen molar-refractivity contribution in [3.63, 3.8) is 0 Å². The van der Waals surface area contributed by atoms with Crippen LogP contribution in [0.2, 0.25) is 0 Å². The number of sulfonamides is 1. The Bertz CT molecular complexity index is 457. The Hall–Kier alpha value is -0.980. The Morgan fingerprint density at radius 1 is 1.47 bits per heavy atom. The molecule has 1 rings (SSSR count). The van der Waals surface area contributed by atoms with Crippen LogP contribution in [-0.4, -0.2) is 36.3 Å². The summed E-state index contributed by atoms with van der Waals surface area (Å²) in [7, 11) is -3.53. The van der Waals surface area contributed by atoms with Gasteiger partial charge in [-0.3, -0.25) is 4.98 Å². The molecule has 1 heterocycles. The molecule has 0 atom stereocenters. The summed E-state index contributed by atoms with van der Waals surface area (Å²) in [5.74, 6) is 0. The zero-order chi connectivity index (χ0) is 13.1. The average Bonchev–Trinajstić information content (AvgIpc) is 2.30. The van der Waals surface area contributed by atoms with Gasteiger partial charge in [0.25, 0.3) is 0 Å². The van der Waals surface area contributed by atoms with E-state index in [1.165, 1.54) is 16.6 Å². The fraction of sp³-hybridized carbons (Fsp3) is 0.545. The number of aromatic nitrogens is 1. The minimum absolute atomic E-state index is 0.198. The number of hydrogen-bond acceptors (Lipinski definition) is 4. The summed E-state index contributed by atoms with van der Waals surface area (Å²) in [5, 5.41) is 0. The maximum absolute atomic E-state index is 12.4. The van der Waals surface area contributed by atoms with Crippen molar-refractivity contribution in [2.75, 3.05) is 13.1 Å². The molecule has 0 aliphatic rings. The molecule has 17 heavy (non-hydrogen) atoms. The molecular formula is C11H19N3O2S. The summed E-state index contributed by atoms with van der Waals surface area (Å²) in [6.07, 6.45) is 2.90. The summed E-state index contributed by atoms with van der Waals surface area (Å²) in [6, 6.07) is 3.15. The second kappa shape index (κ2) is 5.12. The summed E-state index contributed by atoms with van der Waals surface area (Å²) in [6.45, 7) is 6.06. The maximum atomic E-state index is 12.4. The minimum atomic E-state index is -3.53. The Balaban J connectivity index is 3.22. The first-order valence-electron chi connectivity index (χ1n) is 5.49. The summed E-state index contributed by atoms with van der Waals surface area (Å²) < 4.78 is 26.2. The first-order valence-corrected chi connectivity index (χ1v) is 6.93. The van der Waals surface area contributed by atoms with Gasteiger partial charge in [0.1, 0.15) is 4.90 Å². The van der Waals surface area contributed by atoms with Crippen molar-refractivity contribution in [3.05, 3.63) is 24.5 Å². The quantitative estimate of drug-likeness (QED) is 0.847. The third kappa shape index (κ3) is 2.83. The number of nitrogens with two attached hydrogens (primary N) is 1. The van der Waals surface area contributed by atoms with E-state index in [4.69, 9.17) is 5.73 Å². The molecule has 0 spiro atoms. The Morgan fingerprint density at radius 3 is 2.53 bits per heavy atom. The molecule has 0 aliphatic carbocycles. The number of likely N-dealkylation sites (N-methyl/N-ethyl adjacent to an activating group) is 1. The van der Waals surface area contributed by atoms with Crippen molar-refractivity contribution in [1.29, 1.82) is 0 Å². The zero-order valence-electron chi connectivity index (χ0n) is 10.4. The van der Waals surface area contributed by atoms with Gasteiger partial charge in [0, 0.05) is 31.0 Å². The zero-order valence-corrected chi connectivity index (χ0v) is 11.2. The van der Waals surface area contributed by atoms with Crippen LogP contribution in [0.4, 0.5) is 0 Å². The minimum Gasteiger partial charge on any atom is -0.329 e. The van der Waals surface area contributed by atoms with Gasteiger partial charge in [-0.1, -0.05) is 6.92 Å². The van der Waals surface area contributed by atoms with Crippen LogP contribution in [0.5, 0.6) is 0 Å². The molecule has 0 aromatic carbocycles. The lowest BCUT2D eigenvalue weighted by atomic mass is 10.1. The van der Waals surface area contributed by atoms with E-state index in [1.54, 1.807) is 19.2 Å². The Morgan fingerprint density at radius 2 is 2.12 bits per heavy atom. The van der Waals surface area contributed by atoms with Gasteiger partial charge in [-0.15, -0.1) is 0 Å². The SMILES string of the molecule is CCN(C(C)(C)CN)S(=O)(=O)c1cccnc1. The molecule has 0 saturated carbocycles. The van der Waals surface area contributed by atoms with Crippen molar-refractivity contribution in [1.82, 2.24) is 9.29 Å². The van der Waals surface area contributed by atoms with Crippen molar-refractivity contribution in [3.8, 4) is 0 Å². The Labute approximate surface area is 103 Å². The number of pyridine rings is 1. The second-order valence-electron chi connectivity index (χ2n) is 4.38. The van der Waals surface area contributed by atoms with E-state index in [2.05, 4.69) is 4.98 Å². The van der Waals surface area contributed by atoms with Crippen molar-refractivity contribution in [2.24, 2.45) is 5.73 Å². The summed E-state index contributed by atoms with van der Waals surface area (Å²) >= 11 is 0. The topological polar surface area (TPSA) is 76.3 Å². The second-order valence-corrected chi connectivity index (χ2v) is 6.24. The first-order chi connectivity index (χ1) is 7.86. The molecule has 0 saturated heterocycles. The van der Waals surface area contributed by atoms with Gasteiger partial charge >= 0.3 is 0 Å². The average molecular weight is 257 g/mol. The molecule has 0 bridgehead atoms. The highest BCUT2D eigenvalue weighted by Crippen LogP contribution is 2.22. The van der Waals surface area contributed by atoms with E-state index in [1.807, 2.05) is 13.8 Å². The van der Waals surface area contributed by atoms with Crippen LogP contribution >= 0.6 is 0 Å². The first kappa shape index (κ1) is 14.1. The lowest BCUT2D eigenvalue weighted by molar-refractivity contribution is 0.244. The molecule has 5 nitrogen and oxygen atoms in total. The number of nitrogens with zero attached hydrogens (tertiary/aromatic N) is 2. The highest BCUT2D eigenvalue weighted by molar-refractivity contribution is 7.89. The molecule has 0 radical (unpaired) electrons. The van der Waals surface area contributed by atoms with Crippen LogP contribution in [0.1, 0.15) is 20.8 Å². The van der Waals surface area contributed by atoms with E-state index in [9.17, 15) is 8.42 Å². The molecule has 1 aromatic heterocycles. The lowest BCUT2D eigenvalue weighted by Crippen LogP contribution is -2.51. The van der Waals surface area contributed by atoms with Crippen LogP contribution in [-0.2, 0) is 10.0 Å². The van der Waals surface area contributed by atoms with Gasteiger partial charge in [0.2, 0.25) is 10.0 Å². The molecule has 2 N–H and O–H groups in total. The normalized spacial score (nSPS) is 13.0. The Kier molecular flexibility index (Phi) is 4.24. The summed E-state index contributed by atoms with van der Waals surface area (Å²) in [4.78, 5) is 4.04. The van der Waals surface area contributed by atoms with E-state index < -0.39 is 15.6 Å². The predicted octanol–water partition coefficient (Wildman–Crippen LogP) is 0.830. The van der Waals surface area contributed by atoms with Crippen LogP contribution < -0.4 is 5.73 Å². The van der Waals surface area contributed by atoms with Crippen LogP contribution in [0.15, 0.2) is 29.4 Å². The predicted molar refractivity (Wildman–Crippen MR) is 66.9 cm³/mol. The van der Waals surface area contributed by atoms with Crippen LogP contribution in [0.3, 0.4) is 0 Å². The molecule has 0 unspecified atom stereocenters. The van der Waals surface area contributed by atoms with Crippen molar-refractivity contribution < 1.29 is 8.42 Å².